The van der Waals surface area contributed by atoms with E-state index in [0.29, 0.717) is 12.3 Å². The third-order valence-electron chi connectivity index (χ3n) is 5.68. The lowest BCUT2D eigenvalue weighted by atomic mass is 10.2. The normalized spacial score (nSPS) is 17.5. The van der Waals surface area contributed by atoms with Crippen LogP contribution in [0.15, 0.2) is 51.9 Å². The first-order chi connectivity index (χ1) is 14.2. The second kappa shape index (κ2) is 9.13. The maximum atomic E-state index is 12.3. The fourth-order valence-corrected chi connectivity index (χ4v) is 3.98. The van der Waals surface area contributed by atoms with Gasteiger partial charge in [-0.1, -0.05) is 18.2 Å². The van der Waals surface area contributed by atoms with Crippen molar-refractivity contribution in [1.29, 1.82) is 0 Å². The van der Waals surface area contributed by atoms with Crippen LogP contribution in [0.5, 0.6) is 5.75 Å². The average Bonchev–Trinajstić information content (AvgIpc) is 3.29. The number of ether oxygens (including phenoxy) is 1. The Balaban J connectivity index is 1.27. The van der Waals surface area contributed by atoms with E-state index in [1.807, 2.05) is 6.07 Å². The molecule has 0 radical (unpaired) electrons. The molecule has 2 aromatic rings. The Morgan fingerprint density at radius 2 is 1.79 bits per heavy atom. The van der Waals surface area contributed by atoms with Gasteiger partial charge in [0.1, 0.15) is 12.8 Å². The predicted molar refractivity (Wildman–Crippen MR) is 109 cm³/mol. The second-order valence-corrected chi connectivity index (χ2v) is 7.70. The molecule has 0 saturated carbocycles. The summed E-state index contributed by atoms with van der Waals surface area (Å²) in [7, 11) is 0. The van der Waals surface area contributed by atoms with Gasteiger partial charge in [0.05, 0.1) is 26.2 Å². The molecule has 2 aliphatic rings. The molecule has 1 aromatic carbocycles. The highest BCUT2D eigenvalue weighted by atomic mass is 16.5. The minimum atomic E-state index is -0.234. The monoisotopic (exact) mass is 398 g/mol. The Hall–Kier alpha value is -2.80. The molecule has 7 heteroatoms. The largest absolute Gasteiger partial charge is 0.477 e. The molecule has 1 N–H and O–H groups in total. The topological polar surface area (TPSA) is 67.4 Å². The predicted octanol–water partition coefficient (Wildman–Crippen LogP) is 0.546. The minimum Gasteiger partial charge on any atom is -0.477 e. The van der Waals surface area contributed by atoms with Crippen LogP contribution in [0.25, 0.3) is 0 Å². The van der Waals surface area contributed by atoms with Crippen LogP contribution in [0.1, 0.15) is 18.6 Å². The van der Waals surface area contributed by atoms with Gasteiger partial charge in [-0.25, -0.2) is 0 Å². The molecule has 7 nitrogen and oxygen atoms in total. The second-order valence-electron chi connectivity index (χ2n) is 7.70. The zero-order chi connectivity index (χ0) is 20.1. The van der Waals surface area contributed by atoms with E-state index < -0.39 is 0 Å². The van der Waals surface area contributed by atoms with E-state index in [-0.39, 0.29) is 23.7 Å². The van der Waals surface area contributed by atoms with Crippen molar-refractivity contribution in [2.45, 2.75) is 19.4 Å². The molecule has 0 aliphatic carbocycles. The molecule has 1 aromatic heterocycles. The number of amides is 1. The number of nitrogens with zero attached hydrogens (tertiary/aromatic N) is 2. The van der Waals surface area contributed by atoms with E-state index in [2.05, 4.69) is 29.2 Å². The maximum Gasteiger partial charge on any atom is 0.260 e. The van der Waals surface area contributed by atoms with Crippen LogP contribution in [0.2, 0.25) is 0 Å². The van der Waals surface area contributed by atoms with E-state index in [1.54, 1.807) is 4.90 Å². The van der Waals surface area contributed by atoms with Gasteiger partial charge in [0.2, 0.25) is 11.2 Å². The third kappa shape index (κ3) is 4.98. The Morgan fingerprint density at radius 1 is 1.07 bits per heavy atom. The zero-order valence-corrected chi connectivity index (χ0v) is 16.6. The van der Waals surface area contributed by atoms with Gasteiger partial charge in [-0.15, -0.1) is 0 Å². The standard InChI is InChI=1S/C22H27N3O4/c26-20-14-19(28-16-21(20)29-17-22(27)25-8-4-5-9-25)15-23-10-12-24(13-11-23)18-6-2-1-3-7-18/h1-3,6-7,14,16H,4-5,8-13,15,17H2/p+1. The number of hydrogen-bond acceptors (Lipinski definition) is 5. The molecule has 29 heavy (non-hydrogen) atoms. The lowest BCUT2D eigenvalue weighted by Crippen LogP contribution is -3.13. The summed E-state index contributed by atoms with van der Waals surface area (Å²) < 4.78 is 11.0. The van der Waals surface area contributed by atoms with Crippen LogP contribution in [0, 0.1) is 0 Å². The van der Waals surface area contributed by atoms with Gasteiger partial charge < -0.3 is 23.9 Å². The van der Waals surface area contributed by atoms with E-state index in [1.165, 1.54) is 22.9 Å². The van der Waals surface area contributed by atoms with Crippen LogP contribution in [0.3, 0.4) is 0 Å². The highest BCUT2D eigenvalue weighted by Gasteiger charge is 2.22. The first-order valence-corrected chi connectivity index (χ1v) is 10.3. The lowest BCUT2D eigenvalue weighted by Gasteiger charge is -2.33. The van der Waals surface area contributed by atoms with Crippen LogP contribution in [-0.4, -0.2) is 56.7 Å². The number of nitrogens with one attached hydrogen (secondary N) is 1. The molecule has 154 valence electrons. The van der Waals surface area contributed by atoms with Gasteiger partial charge >= 0.3 is 0 Å². The fraction of sp³-hybridized carbons (Fsp3) is 0.455. The molecule has 0 bridgehead atoms. The Labute approximate surface area is 170 Å². The summed E-state index contributed by atoms with van der Waals surface area (Å²) in [5.74, 6) is 0.674. The summed E-state index contributed by atoms with van der Waals surface area (Å²) in [4.78, 5) is 29.9. The minimum absolute atomic E-state index is 0.0771. The lowest BCUT2D eigenvalue weighted by molar-refractivity contribution is -0.915. The van der Waals surface area contributed by atoms with Crippen LogP contribution >= 0.6 is 0 Å². The third-order valence-corrected chi connectivity index (χ3v) is 5.68. The summed E-state index contributed by atoms with van der Waals surface area (Å²) >= 11 is 0. The average molecular weight is 398 g/mol. The smallest absolute Gasteiger partial charge is 0.260 e. The zero-order valence-electron chi connectivity index (χ0n) is 16.6. The molecule has 1 amide bonds. The van der Waals surface area contributed by atoms with E-state index in [9.17, 15) is 9.59 Å². The van der Waals surface area contributed by atoms with E-state index >= 15 is 0 Å². The van der Waals surface area contributed by atoms with Gasteiger partial charge in [0, 0.05) is 24.8 Å². The number of benzene rings is 1. The SMILES string of the molecule is O=C(COc1coc(C[NH+]2CCN(c3ccccc3)CC2)cc1=O)N1CCCC1. The highest BCUT2D eigenvalue weighted by molar-refractivity contribution is 5.78. The molecule has 4 rings (SSSR count). The Bertz CT molecular complexity index is 869. The number of rotatable bonds is 6. The quantitative estimate of drug-likeness (QED) is 0.770. The molecule has 0 atom stereocenters. The number of hydrogen-bond donors (Lipinski definition) is 1. The van der Waals surface area contributed by atoms with Gasteiger partial charge in [0.25, 0.3) is 5.91 Å². The van der Waals surface area contributed by atoms with E-state index in [0.717, 1.165) is 52.1 Å². The summed E-state index contributed by atoms with van der Waals surface area (Å²) in [5.41, 5.74) is 1.02. The van der Waals surface area contributed by atoms with Gasteiger partial charge in [0.15, 0.2) is 12.4 Å². The maximum absolute atomic E-state index is 12.3. The Kier molecular flexibility index (Phi) is 6.14. The van der Waals surface area contributed by atoms with E-state index in [4.69, 9.17) is 9.15 Å². The van der Waals surface area contributed by atoms with Crippen molar-refractivity contribution >= 4 is 11.6 Å². The number of likely N-dealkylation sites (tertiary alicyclic amines) is 1. The first kappa shape index (κ1) is 19.5. The number of carbonyl (C=O) groups excluding carboxylic acids is 1. The van der Waals surface area contributed by atoms with Crippen LogP contribution < -0.4 is 20.0 Å². The van der Waals surface area contributed by atoms with Crippen molar-refractivity contribution in [2.75, 3.05) is 50.8 Å². The number of anilines is 1. The molecular weight excluding hydrogens is 370 g/mol. The van der Waals surface area contributed by atoms with Gasteiger partial charge in [-0.3, -0.25) is 9.59 Å². The number of carbonyl (C=O) groups is 1. The van der Waals surface area contributed by atoms with Crippen LogP contribution in [0.4, 0.5) is 5.69 Å². The molecular formula is C22H28N3O4+. The molecule has 0 unspecified atom stereocenters. The van der Waals surface area contributed by atoms with Crippen molar-refractivity contribution in [3.63, 3.8) is 0 Å². The van der Waals surface area contributed by atoms with Gasteiger partial charge in [-0.2, -0.15) is 0 Å². The van der Waals surface area contributed by atoms with Crippen molar-refractivity contribution in [1.82, 2.24) is 4.90 Å². The van der Waals surface area contributed by atoms with Crippen molar-refractivity contribution in [2.24, 2.45) is 0 Å². The molecule has 0 spiro atoms. The van der Waals surface area contributed by atoms with Crippen molar-refractivity contribution in [3.8, 4) is 5.75 Å². The summed E-state index contributed by atoms with van der Waals surface area (Å²) in [5, 5.41) is 0. The van der Waals surface area contributed by atoms with Crippen molar-refractivity contribution < 1.29 is 18.8 Å². The van der Waals surface area contributed by atoms with Crippen LogP contribution in [-0.2, 0) is 11.3 Å². The Morgan fingerprint density at radius 3 is 2.48 bits per heavy atom. The molecule has 3 heterocycles. The van der Waals surface area contributed by atoms with Gasteiger partial charge in [-0.05, 0) is 25.0 Å². The summed E-state index contributed by atoms with van der Waals surface area (Å²) in [6, 6.07) is 11.9. The fourth-order valence-electron chi connectivity index (χ4n) is 3.98. The first-order valence-electron chi connectivity index (χ1n) is 10.3. The van der Waals surface area contributed by atoms with Crippen molar-refractivity contribution in [3.05, 3.63) is 58.6 Å². The molecule has 2 fully saturated rings. The summed E-state index contributed by atoms with van der Waals surface area (Å²) in [6.07, 6.45) is 3.41. The number of para-hydroxylation sites is 1. The summed E-state index contributed by atoms with van der Waals surface area (Å²) in [6.45, 7) is 6.03. The molecule has 2 aliphatic heterocycles. The number of quaternary nitrogens is 1. The molecule has 2 saturated heterocycles. The highest BCUT2D eigenvalue weighted by Crippen LogP contribution is 2.13. The number of piperazine rings is 1.